The molecule has 1 heterocycles. The summed E-state index contributed by atoms with van der Waals surface area (Å²) in [5.41, 5.74) is 1.31. The fourth-order valence-corrected chi connectivity index (χ4v) is 4.78. The van der Waals surface area contributed by atoms with Gasteiger partial charge in [-0.3, -0.25) is 0 Å². The lowest BCUT2D eigenvalue weighted by Crippen LogP contribution is -2.13. The standard InChI is InChI=1S/C19H16BrCl3N2S/c20-14-4-1-13(2-5-14)3-6-15(11-25-8-7-24-12-25)26-19-10-17(22)16(21)9-18(19)23/h1-2,4-5,7-10,12,15H,3,6,11H2. The monoisotopic (exact) mass is 488 g/mol. The molecular weight excluding hydrogens is 475 g/mol. The number of rotatable bonds is 7. The zero-order valence-electron chi connectivity index (χ0n) is 13.7. The second-order valence-electron chi connectivity index (χ2n) is 5.86. The number of aromatic nitrogens is 2. The second kappa shape index (κ2) is 9.52. The Morgan fingerprint density at radius 3 is 2.46 bits per heavy atom. The number of imidazole rings is 1. The fourth-order valence-electron chi connectivity index (χ4n) is 2.57. The summed E-state index contributed by atoms with van der Waals surface area (Å²) >= 11 is 23.8. The van der Waals surface area contributed by atoms with E-state index in [1.54, 1.807) is 24.0 Å². The molecule has 1 unspecified atom stereocenters. The van der Waals surface area contributed by atoms with Crippen molar-refractivity contribution in [1.29, 1.82) is 0 Å². The largest absolute Gasteiger partial charge is 0.336 e. The van der Waals surface area contributed by atoms with E-state index in [9.17, 15) is 0 Å². The fraction of sp³-hybridized carbons (Fsp3) is 0.211. The van der Waals surface area contributed by atoms with Gasteiger partial charge in [0.05, 0.1) is 21.4 Å². The van der Waals surface area contributed by atoms with E-state index in [1.165, 1.54) is 5.56 Å². The van der Waals surface area contributed by atoms with Crippen LogP contribution in [0.4, 0.5) is 0 Å². The van der Waals surface area contributed by atoms with Gasteiger partial charge in [-0.15, -0.1) is 11.8 Å². The molecule has 2 aromatic carbocycles. The molecule has 7 heteroatoms. The van der Waals surface area contributed by atoms with Crippen molar-refractivity contribution in [3.05, 3.63) is 80.2 Å². The molecule has 3 aromatic rings. The maximum atomic E-state index is 6.37. The van der Waals surface area contributed by atoms with Gasteiger partial charge in [-0.1, -0.05) is 62.9 Å². The van der Waals surface area contributed by atoms with Crippen molar-refractivity contribution in [2.24, 2.45) is 0 Å². The number of hydrogen-bond acceptors (Lipinski definition) is 2. The van der Waals surface area contributed by atoms with Gasteiger partial charge >= 0.3 is 0 Å². The second-order valence-corrected chi connectivity index (χ2v) is 9.34. The van der Waals surface area contributed by atoms with Crippen LogP contribution in [0.25, 0.3) is 0 Å². The average molecular weight is 491 g/mol. The van der Waals surface area contributed by atoms with Crippen molar-refractivity contribution in [3.63, 3.8) is 0 Å². The smallest absolute Gasteiger partial charge is 0.0946 e. The number of thioether (sulfide) groups is 1. The number of nitrogens with zero attached hydrogens (tertiary/aromatic N) is 2. The molecule has 0 aliphatic heterocycles. The maximum Gasteiger partial charge on any atom is 0.0946 e. The van der Waals surface area contributed by atoms with Crippen molar-refractivity contribution < 1.29 is 0 Å². The molecule has 0 amide bonds. The summed E-state index contributed by atoms with van der Waals surface area (Å²) in [7, 11) is 0. The zero-order valence-corrected chi connectivity index (χ0v) is 18.4. The van der Waals surface area contributed by atoms with Crippen LogP contribution in [-0.4, -0.2) is 14.8 Å². The highest BCUT2D eigenvalue weighted by molar-refractivity contribution is 9.10. The Kier molecular flexibility index (Phi) is 7.35. The summed E-state index contributed by atoms with van der Waals surface area (Å²) in [6, 6.07) is 12.0. The highest BCUT2D eigenvalue weighted by Gasteiger charge is 2.15. The average Bonchev–Trinajstić information content (AvgIpc) is 3.12. The first-order chi connectivity index (χ1) is 12.5. The van der Waals surface area contributed by atoms with Crippen LogP contribution in [0.3, 0.4) is 0 Å². The lowest BCUT2D eigenvalue weighted by molar-refractivity contribution is 0.624. The van der Waals surface area contributed by atoms with E-state index in [-0.39, 0.29) is 0 Å². The number of halogens is 4. The third-order valence-electron chi connectivity index (χ3n) is 3.91. The lowest BCUT2D eigenvalue weighted by atomic mass is 10.1. The topological polar surface area (TPSA) is 17.8 Å². The molecule has 0 aliphatic carbocycles. The molecule has 0 bridgehead atoms. The van der Waals surface area contributed by atoms with Crippen molar-refractivity contribution in [2.75, 3.05) is 0 Å². The molecule has 1 atom stereocenters. The van der Waals surface area contributed by atoms with Crippen LogP contribution in [0.1, 0.15) is 12.0 Å². The minimum atomic E-state index is 0.322. The summed E-state index contributed by atoms with van der Waals surface area (Å²) < 4.78 is 3.18. The van der Waals surface area contributed by atoms with Crippen LogP contribution in [0.15, 0.2) is 64.5 Å². The van der Waals surface area contributed by atoms with Gasteiger partial charge in [0.25, 0.3) is 0 Å². The zero-order chi connectivity index (χ0) is 18.5. The summed E-state index contributed by atoms with van der Waals surface area (Å²) in [4.78, 5) is 5.08. The number of hydrogen-bond donors (Lipinski definition) is 0. The van der Waals surface area contributed by atoms with Gasteiger partial charge in [-0.25, -0.2) is 4.98 Å². The Morgan fingerprint density at radius 2 is 1.77 bits per heavy atom. The predicted octanol–water partition coefficient (Wildman–Crippen LogP) is 7.40. The van der Waals surface area contributed by atoms with Crippen LogP contribution >= 0.6 is 62.5 Å². The van der Waals surface area contributed by atoms with E-state index in [0.29, 0.717) is 20.3 Å². The first-order valence-electron chi connectivity index (χ1n) is 8.02. The van der Waals surface area contributed by atoms with Crippen molar-refractivity contribution >= 4 is 62.5 Å². The molecular formula is C19H16BrCl3N2S. The quantitative estimate of drug-likeness (QED) is 0.254. The summed E-state index contributed by atoms with van der Waals surface area (Å²) in [6.07, 6.45) is 7.59. The Balaban J connectivity index is 1.74. The molecule has 0 radical (unpaired) electrons. The molecule has 0 saturated carbocycles. The molecule has 26 heavy (non-hydrogen) atoms. The minimum Gasteiger partial charge on any atom is -0.336 e. The molecule has 0 fully saturated rings. The Labute approximate surface area is 181 Å². The van der Waals surface area contributed by atoms with Crippen LogP contribution in [0.5, 0.6) is 0 Å². The van der Waals surface area contributed by atoms with E-state index in [1.807, 2.05) is 18.6 Å². The Hall–Kier alpha value is -0.650. The molecule has 2 nitrogen and oxygen atoms in total. The van der Waals surface area contributed by atoms with Gasteiger partial charge in [0.2, 0.25) is 0 Å². The first kappa shape index (κ1) is 20.1. The van der Waals surface area contributed by atoms with E-state index < -0.39 is 0 Å². The highest BCUT2D eigenvalue weighted by Crippen LogP contribution is 2.38. The van der Waals surface area contributed by atoms with Gasteiger partial charge < -0.3 is 4.57 Å². The van der Waals surface area contributed by atoms with Gasteiger partial charge in [-0.2, -0.15) is 0 Å². The third kappa shape index (κ3) is 5.67. The van der Waals surface area contributed by atoms with Gasteiger partial charge in [-0.05, 0) is 42.7 Å². The van der Waals surface area contributed by atoms with Crippen molar-refractivity contribution in [2.45, 2.75) is 29.5 Å². The summed E-state index contributed by atoms with van der Waals surface area (Å²) in [5, 5.41) is 1.95. The lowest BCUT2D eigenvalue weighted by Gasteiger charge is -2.18. The summed E-state index contributed by atoms with van der Waals surface area (Å²) in [5.74, 6) is 0. The SMILES string of the molecule is Clc1cc(Cl)c(SC(CCc2ccc(Br)cc2)Cn2ccnc2)cc1Cl. The van der Waals surface area contributed by atoms with E-state index in [2.05, 4.69) is 49.7 Å². The normalized spacial score (nSPS) is 12.3. The molecule has 3 rings (SSSR count). The van der Waals surface area contributed by atoms with Gasteiger partial charge in [0.1, 0.15) is 0 Å². The molecule has 136 valence electrons. The number of aryl methyl sites for hydroxylation is 1. The molecule has 0 spiro atoms. The molecule has 0 saturated heterocycles. The van der Waals surface area contributed by atoms with Crippen LogP contribution in [0, 0.1) is 0 Å². The molecule has 0 aliphatic rings. The minimum absolute atomic E-state index is 0.322. The number of benzene rings is 2. The van der Waals surface area contributed by atoms with E-state index in [4.69, 9.17) is 34.8 Å². The first-order valence-corrected chi connectivity index (χ1v) is 10.8. The predicted molar refractivity (Wildman–Crippen MR) is 116 cm³/mol. The Morgan fingerprint density at radius 1 is 1.04 bits per heavy atom. The van der Waals surface area contributed by atoms with Crippen LogP contribution < -0.4 is 0 Å². The highest BCUT2D eigenvalue weighted by atomic mass is 79.9. The third-order valence-corrected chi connectivity index (χ3v) is 6.90. The van der Waals surface area contributed by atoms with Crippen molar-refractivity contribution in [3.8, 4) is 0 Å². The Bertz CT molecular complexity index is 854. The summed E-state index contributed by atoms with van der Waals surface area (Å²) in [6.45, 7) is 0.845. The molecule has 0 N–H and O–H groups in total. The molecule has 1 aromatic heterocycles. The van der Waals surface area contributed by atoms with E-state index in [0.717, 1.165) is 28.8 Å². The van der Waals surface area contributed by atoms with E-state index >= 15 is 0 Å². The maximum absolute atomic E-state index is 6.37. The van der Waals surface area contributed by atoms with Crippen molar-refractivity contribution in [1.82, 2.24) is 9.55 Å². The van der Waals surface area contributed by atoms with Crippen LogP contribution in [0.2, 0.25) is 15.1 Å². The van der Waals surface area contributed by atoms with Gasteiger partial charge in [0.15, 0.2) is 0 Å². The van der Waals surface area contributed by atoms with Gasteiger partial charge in [0, 0.05) is 33.6 Å². The van der Waals surface area contributed by atoms with Crippen LogP contribution in [-0.2, 0) is 13.0 Å².